The number of nitrogens with zero attached hydrogens (tertiary/aromatic N) is 3. The van der Waals surface area contributed by atoms with Gasteiger partial charge in [-0.05, 0) is 31.2 Å². The first-order chi connectivity index (χ1) is 11.6. The van der Waals surface area contributed by atoms with Crippen LogP contribution in [0.5, 0.6) is 0 Å². The van der Waals surface area contributed by atoms with E-state index >= 15 is 0 Å². The number of nitrogens with one attached hydrogen (secondary N) is 1. The van der Waals surface area contributed by atoms with E-state index in [4.69, 9.17) is 4.42 Å². The second kappa shape index (κ2) is 6.37. The number of benzene rings is 1. The number of carbonyl (C=O) groups excluding carboxylic acids is 1. The van der Waals surface area contributed by atoms with Crippen LogP contribution in [0.25, 0.3) is 11.0 Å². The number of aromatic nitrogens is 1. The van der Waals surface area contributed by atoms with Gasteiger partial charge in [0.25, 0.3) is 5.69 Å². The first-order valence-corrected chi connectivity index (χ1v) is 7.25. The van der Waals surface area contributed by atoms with Gasteiger partial charge in [0.1, 0.15) is 5.58 Å². The van der Waals surface area contributed by atoms with Crippen molar-refractivity contribution in [2.24, 2.45) is 5.10 Å². The van der Waals surface area contributed by atoms with Gasteiger partial charge in [0.15, 0.2) is 5.76 Å². The molecule has 0 aliphatic carbocycles. The van der Waals surface area contributed by atoms with E-state index in [1.807, 2.05) is 29.8 Å². The Labute approximate surface area is 136 Å². The monoisotopic (exact) mass is 326 g/mol. The number of hydrazone groups is 1. The summed E-state index contributed by atoms with van der Waals surface area (Å²) in [5, 5.41) is 15.2. The number of aryl methyl sites for hydroxylation is 1. The molecule has 0 aliphatic rings. The van der Waals surface area contributed by atoms with Gasteiger partial charge in [-0.3, -0.25) is 14.9 Å². The highest BCUT2D eigenvalue weighted by Crippen LogP contribution is 2.24. The van der Waals surface area contributed by atoms with Crippen LogP contribution in [-0.2, 0) is 6.54 Å². The van der Waals surface area contributed by atoms with Crippen molar-refractivity contribution in [3.63, 3.8) is 0 Å². The summed E-state index contributed by atoms with van der Waals surface area (Å²) in [6, 6.07) is 9.35. The summed E-state index contributed by atoms with van der Waals surface area (Å²) >= 11 is 0. The largest absolute Gasteiger partial charge is 0.451 e. The van der Waals surface area contributed by atoms with Gasteiger partial charge in [-0.15, -0.1) is 0 Å². The van der Waals surface area contributed by atoms with Crippen LogP contribution in [0.4, 0.5) is 5.69 Å². The summed E-state index contributed by atoms with van der Waals surface area (Å²) in [5.41, 5.74) is 3.57. The van der Waals surface area contributed by atoms with Crippen LogP contribution in [0.1, 0.15) is 23.2 Å². The quantitative estimate of drug-likeness (QED) is 0.442. The van der Waals surface area contributed by atoms with Gasteiger partial charge in [0.05, 0.1) is 16.8 Å². The summed E-state index contributed by atoms with van der Waals surface area (Å²) in [4.78, 5) is 22.3. The third-order valence-corrected chi connectivity index (χ3v) is 3.50. The highest BCUT2D eigenvalue weighted by atomic mass is 16.6. The van der Waals surface area contributed by atoms with Crippen LogP contribution in [0, 0.1) is 10.1 Å². The SMILES string of the molecule is CCn1cccc1/C=N\NC(=O)c1cc2cc([N+](=O)[O-])ccc2o1. The lowest BCUT2D eigenvalue weighted by atomic mass is 10.2. The highest BCUT2D eigenvalue weighted by molar-refractivity contribution is 5.96. The first-order valence-electron chi connectivity index (χ1n) is 7.25. The van der Waals surface area contributed by atoms with E-state index in [-0.39, 0.29) is 11.4 Å². The van der Waals surface area contributed by atoms with Gasteiger partial charge in [-0.25, -0.2) is 5.43 Å². The van der Waals surface area contributed by atoms with Gasteiger partial charge in [-0.1, -0.05) is 0 Å². The second-order valence-electron chi connectivity index (χ2n) is 5.01. The van der Waals surface area contributed by atoms with Crippen molar-refractivity contribution in [3.8, 4) is 0 Å². The Kier molecular flexibility index (Phi) is 4.11. The van der Waals surface area contributed by atoms with Crippen molar-refractivity contribution < 1.29 is 14.1 Å². The molecule has 1 N–H and O–H groups in total. The van der Waals surface area contributed by atoms with Crippen LogP contribution in [-0.4, -0.2) is 21.6 Å². The number of furan rings is 1. The molecular weight excluding hydrogens is 312 g/mol. The van der Waals surface area contributed by atoms with Crippen LogP contribution < -0.4 is 5.43 Å². The molecule has 1 aromatic carbocycles. The van der Waals surface area contributed by atoms with Gasteiger partial charge in [-0.2, -0.15) is 5.10 Å². The molecule has 0 spiro atoms. The number of hydrogen-bond donors (Lipinski definition) is 1. The summed E-state index contributed by atoms with van der Waals surface area (Å²) < 4.78 is 7.35. The zero-order chi connectivity index (χ0) is 17.1. The normalized spacial score (nSPS) is 11.2. The van der Waals surface area contributed by atoms with Gasteiger partial charge < -0.3 is 8.98 Å². The molecule has 1 amide bonds. The number of rotatable bonds is 5. The van der Waals surface area contributed by atoms with Crippen molar-refractivity contribution in [2.75, 3.05) is 0 Å². The smallest absolute Gasteiger partial charge is 0.307 e. The Morgan fingerprint density at radius 1 is 1.42 bits per heavy atom. The van der Waals surface area contributed by atoms with Crippen molar-refractivity contribution >= 4 is 28.8 Å². The number of nitro groups is 1. The standard InChI is InChI=1S/C16H14N4O4/c1-2-19-7-3-4-13(19)10-17-18-16(21)15-9-11-8-12(20(22)23)5-6-14(11)24-15/h3-10H,2H2,1H3,(H,18,21)/b17-10-. The van der Waals surface area contributed by atoms with E-state index in [0.29, 0.717) is 11.0 Å². The molecule has 3 rings (SSSR count). The van der Waals surface area contributed by atoms with Crippen molar-refractivity contribution in [3.05, 3.63) is 64.2 Å². The van der Waals surface area contributed by atoms with E-state index < -0.39 is 10.8 Å². The minimum absolute atomic E-state index is 0.0357. The lowest BCUT2D eigenvalue weighted by Crippen LogP contribution is -2.17. The molecular formula is C16H14N4O4. The van der Waals surface area contributed by atoms with Crippen LogP contribution >= 0.6 is 0 Å². The summed E-state index contributed by atoms with van der Waals surface area (Å²) in [7, 11) is 0. The fourth-order valence-electron chi connectivity index (χ4n) is 2.30. The molecule has 3 aromatic rings. The van der Waals surface area contributed by atoms with Gasteiger partial charge >= 0.3 is 5.91 Å². The molecule has 0 saturated heterocycles. The molecule has 0 aliphatic heterocycles. The maximum Gasteiger partial charge on any atom is 0.307 e. The summed E-state index contributed by atoms with van der Waals surface area (Å²) in [5.74, 6) is -0.492. The van der Waals surface area contributed by atoms with E-state index in [2.05, 4.69) is 10.5 Å². The maximum absolute atomic E-state index is 12.1. The topological polar surface area (TPSA) is 103 Å². The Bertz CT molecular complexity index is 939. The predicted octanol–water partition coefficient (Wildman–Crippen LogP) is 2.93. The number of amides is 1. The fraction of sp³-hybridized carbons (Fsp3) is 0.125. The van der Waals surface area contributed by atoms with E-state index in [9.17, 15) is 14.9 Å². The Balaban J connectivity index is 1.75. The third kappa shape index (κ3) is 3.02. The molecule has 24 heavy (non-hydrogen) atoms. The molecule has 0 unspecified atom stereocenters. The number of carbonyl (C=O) groups is 1. The molecule has 0 bridgehead atoms. The molecule has 122 valence electrons. The highest BCUT2D eigenvalue weighted by Gasteiger charge is 2.14. The molecule has 0 saturated carbocycles. The van der Waals surface area contributed by atoms with Crippen LogP contribution in [0.3, 0.4) is 0 Å². The molecule has 8 heteroatoms. The second-order valence-corrected chi connectivity index (χ2v) is 5.01. The third-order valence-electron chi connectivity index (χ3n) is 3.50. The van der Waals surface area contributed by atoms with E-state index in [1.54, 1.807) is 0 Å². The molecule has 8 nitrogen and oxygen atoms in total. The first kappa shape index (κ1) is 15.5. The minimum Gasteiger partial charge on any atom is -0.451 e. The van der Waals surface area contributed by atoms with Crippen molar-refractivity contribution in [1.82, 2.24) is 9.99 Å². The lowest BCUT2D eigenvalue weighted by molar-refractivity contribution is -0.384. The summed E-state index contributed by atoms with van der Waals surface area (Å²) in [6.07, 6.45) is 3.45. The Hall–Kier alpha value is -3.42. The Morgan fingerprint density at radius 2 is 2.25 bits per heavy atom. The number of non-ortho nitro benzene ring substituents is 1. The molecule has 0 radical (unpaired) electrons. The van der Waals surface area contributed by atoms with Gasteiger partial charge in [0.2, 0.25) is 0 Å². The molecule has 0 atom stereocenters. The van der Waals surface area contributed by atoms with Crippen molar-refractivity contribution in [1.29, 1.82) is 0 Å². The van der Waals surface area contributed by atoms with Crippen LogP contribution in [0.15, 0.2) is 52.1 Å². The summed E-state index contributed by atoms with van der Waals surface area (Å²) in [6.45, 7) is 2.80. The molecule has 0 fully saturated rings. The average Bonchev–Trinajstić information content (AvgIpc) is 3.19. The maximum atomic E-state index is 12.1. The molecule has 2 heterocycles. The Morgan fingerprint density at radius 3 is 3.00 bits per heavy atom. The van der Waals surface area contributed by atoms with E-state index in [0.717, 1.165) is 12.2 Å². The fourth-order valence-corrected chi connectivity index (χ4v) is 2.30. The van der Waals surface area contributed by atoms with Gasteiger partial charge in [0, 0.05) is 30.3 Å². The number of hydrogen-bond acceptors (Lipinski definition) is 5. The zero-order valence-electron chi connectivity index (χ0n) is 12.8. The van der Waals surface area contributed by atoms with E-state index in [1.165, 1.54) is 30.5 Å². The predicted molar refractivity (Wildman–Crippen MR) is 88.0 cm³/mol. The lowest BCUT2D eigenvalue weighted by Gasteiger charge is -2.00. The zero-order valence-corrected chi connectivity index (χ0v) is 12.8. The average molecular weight is 326 g/mol. The molecule has 2 aromatic heterocycles. The van der Waals surface area contributed by atoms with Crippen LogP contribution in [0.2, 0.25) is 0 Å². The number of nitro benzene ring substituents is 1. The minimum atomic E-state index is -0.528. The number of fused-ring (bicyclic) bond motifs is 1. The van der Waals surface area contributed by atoms with Crippen molar-refractivity contribution in [2.45, 2.75) is 13.5 Å².